The summed E-state index contributed by atoms with van der Waals surface area (Å²) < 4.78 is 5.67. The summed E-state index contributed by atoms with van der Waals surface area (Å²) in [7, 11) is 0. The fraction of sp³-hybridized carbons (Fsp3) is 0.471. The summed E-state index contributed by atoms with van der Waals surface area (Å²) in [5, 5.41) is 4.52. The molecule has 4 nitrogen and oxygen atoms in total. The number of rotatable bonds is 4. The molecule has 1 saturated heterocycles. The van der Waals surface area contributed by atoms with E-state index in [2.05, 4.69) is 12.2 Å². The van der Waals surface area contributed by atoms with E-state index in [1.807, 2.05) is 35.2 Å². The highest BCUT2D eigenvalue weighted by Gasteiger charge is 2.25. The van der Waals surface area contributed by atoms with Crippen LogP contribution >= 0.6 is 0 Å². The Labute approximate surface area is 125 Å². The minimum atomic E-state index is 0.0140. The maximum Gasteiger partial charge on any atom is 0.289 e. The molecular weight excluding hydrogens is 264 g/mol. The SMILES string of the molecule is CCCNC1CCN(C(=O)c2cc3ccccc3o2)CC1. The smallest absolute Gasteiger partial charge is 0.289 e. The van der Waals surface area contributed by atoms with E-state index in [1.165, 1.54) is 0 Å². The lowest BCUT2D eigenvalue weighted by Gasteiger charge is -2.32. The van der Waals surface area contributed by atoms with Gasteiger partial charge < -0.3 is 14.6 Å². The molecule has 1 N–H and O–H groups in total. The van der Waals surface area contributed by atoms with E-state index in [9.17, 15) is 4.79 Å². The van der Waals surface area contributed by atoms with Crippen LogP contribution in [-0.2, 0) is 0 Å². The molecule has 1 amide bonds. The Kier molecular flexibility index (Phi) is 4.25. The number of furan rings is 1. The van der Waals surface area contributed by atoms with Gasteiger partial charge in [-0.15, -0.1) is 0 Å². The molecule has 2 aromatic rings. The second kappa shape index (κ2) is 6.31. The molecule has 0 aliphatic carbocycles. The van der Waals surface area contributed by atoms with Gasteiger partial charge in [-0.25, -0.2) is 0 Å². The first kappa shape index (κ1) is 14.1. The number of fused-ring (bicyclic) bond motifs is 1. The van der Waals surface area contributed by atoms with E-state index in [4.69, 9.17) is 4.42 Å². The first-order valence-electron chi connectivity index (χ1n) is 7.79. The Morgan fingerprint density at radius 3 is 2.81 bits per heavy atom. The fourth-order valence-electron chi connectivity index (χ4n) is 2.88. The van der Waals surface area contributed by atoms with Crippen molar-refractivity contribution in [1.29, 1.82) is 0 Å². The Balaban J connectivity index is 1.63. The lowest BCUT2D eigenvalue weighted by atomic mass is 10.0. The van der Waals surface area contributed by atoms with Crippen LogP contribution in [-0.4, -0.2) is 36.5 Å². The van der Waals surface area contributed by atoms with Gasteiger partial charge in [0.25, 0.3) is 5.91 Å². The van der Waals surface area contributed by atoms with Crippen molar-refractivity contribution in [2.75, 3.05) is 19.6 Å². The number of nitrogens with zero attached hydrogens (tertiary/aromatic N) is 1. The predicted octanol–water partition coefficient (Wildman–Crippen LogP) is 3.04. The first-order valence-corrected chi connectivity index (χ1v) is 7.79. The van der Waals surface area contributed by atoms with Crippen LogP contribution in [0.1, 0.15) is 36.7 Å². The summed E-state index contributed by atoms with van der Waals surface area (Å²) in [6.45, 7) is 4.84. The highest BCUT2D eigenvalue weighted by molar-refractivity contribution is 5.96. The second-order valence-electron chi connectivity index (χ2n) is 5.67. The summed E-state index contributed by atoms with van der Waals surface area (Å²) in [4.78, 5) is 14.4. The van der Waals surface area contributed by atoms with Gasteiger partial charge in [-0.05, 0) is 37.9 Å². The van der Waals surface area contributed by atoms with Gasteiger partial charge in [-0.3, -0.25) is 4.79 Å². The van der Waals surface area contributed by atoms with E-state index in [1.54, 1.807) is 0 Å². The topological polar surface area (TPSA) is 45.5 Å². The minimum Gasteiger partial charge on any atom is -0.451 e. The van der Waals surface area contributed by atoms with Gasteiger partial charge in [0.15, 0.2) is 5.76 Å². The fourth-order valence-corrected chi connectivity index (χ4v) is 2.88. The van der Waals surface area contributed by atoms with Crippen LogP contribution < -0.4 is 5.32 Å². The van der Waals surface area contributed by atoms with Crippen LogP contribution in [0.3, 0.4) is 0 Å². The van der Waals surface area contributed by atoms with Crippen LogP contribution in [0.4, 0.5) is 0 Å². The maximum absolute atomic E-state index is 12.5. The summed E-state index contributed by atoms with van der Waals surface area (Å²) in [6.07, 6.45) is 3.19. The van der Waals surface area contributed by atoms with E-state index in [0.29, 0.717) is 11.8 Å². The van der Waals surface area contributed by atoms with Crippen molar-refractivity contribution in [1.82, 2.24) is 10.2 Å². The van der Waals surface area contributed by atoms with Gasteiger partial charge in [0.2, 0.25) is 0 Å². The van der Waals surface area contributed by atoms with E-state index in [0.717, 1.165) is 49.9 Å². The molecule has 4 heteroatoms. The average molecular weight is 286 g/mol. The maximum atomic E-state index is 12.5. The third-order valence-electron chi connectivity index (χ3n) is 4.10. The Hall–Kier alpha value is -1.81. The Morgan fingerprint density at radius 2 is 2.10 bits per heavy atom. The third-order valence-corrected chi connectivity index (χ3v) is 4.10. The molecule has 1 aliphatic rings. The monoisotopic (exact) mass is 286 g/mol. The lowest BCUT2D eigenvalue weighted by Crippen LogP contribution is -2.45. The number of carbonyl (C=O) groups is 1. The number of amides is 1. The summed E-state index contributed by atoms with van der Waals surface area (Å²) in [5.74, 6) is 0.469. The van der Waals surface area contributed by atoms with Crippen LogP contribution in [0.15, 0.2) is 34.7 Å². The van der Waals surface area contributed by atoms with Crippen LogP contribution in [0.5, 0.6) is 0 Å². The van der Waals surface area contributed by atoms with Gasteiger partial charge in [0.1, 0.15) is 5.58 Å². The van der Waals surface area contributed by atoms with E-state index >= 15 is 0 Å². The van der Waals surface area contributed by atoms with Crippen molar-refractivity contribution in [3.8, 4) is 0 Å². The molecule has 0 radical (unpaired) electrons. The molecule has 0 spiro atoms. The van der Waals surface area contributed by atoms with Gasteiger partial charge in [0, 0.05) is 24.5 Å². The van der Waals surface area contributed by atoms with Gasteiger partial charge in [0.05, 0.1) is 0 Å². The Morgan fingerprint density at radius 1 is 1.33 bits per heavy atom. The van der Waals surface area contributed by atoms with Gasteiger partial charge in [-0.1, -0.05) is 25.1 Å². The molecule has 1 aliphatic heterocycles. The quantitative estimate of drug-likeness (QED) is 0.939. The highest BCUT2D eigenvalue weighted by atomic mass is 16.3. The van der Waals surface area contributed by atoms with Crippen molar-refractivity contribution < 1.29 is 9.21 Å². The normalized spacial score (nSPS) is 16.5. The number of hydrogen-bond acceptors (Lipinski definition) is 3. The number of nitrogens with one attached hydrogen (secondary N) is 1. The van der Waals surface area contributed by atoms with E-state index < -0.39 is 0 Å². The van der Waals surface area contributed by atoms with E-state index in [-0.39, 0.29) is 5.91 Å². The number of para-hydroxylation sites is 1. The van der Waals surface area contributed by atoms with Gasteiger partial charge in [-0.2, -0.15) is 0 Å². The average Bonchev–Trinajstić information content (AvgIpc) is 2.96. The standard InChI is InChI=1S/C17H22N2O2/c1-2-9-18-14-7-10-19(11-8-14)17(20)16-12-13-5-3-4-6-15(13)21-16/h3-6,12,14,18H,2,7-11H2,1H3. The zero-order valence-corrected chi connectivity index (χ0v) is 12.5. The third kappa shape index (κ3) is 3.10. The largest absolute Gasteiger partial charge is 0.451 e. The molecule has 21 heavy (non-hydrogen) atoms. The van der Waals surface area contributed by atoms with Crippen molar-refractivity contribution in [3.63, 3.8) is 0 Å². The number of hydrogen-bond donors (Lipinski definition) is 1. The number of piperidine rings is 1. The molecule has 0 bridgehead atoms. The molecule has 1 aromatic carbocycles. The molecule has 112 valence electrons. The number of carbonyl (C=O) groups excluding carboxylic acids is 1. The minimum absolute atomic E-state index is 0.0140. The molecule has 2 heterocycles. The van der Waals surface area contributed by atoms with Gasteiger partial charge >= 0.3 is 0 Å². The lowest BCUT2D eigenvalue weighted by molar-refractivity contribution is 0.0675. The molecule has 0 unspecified atom stereocenters. The number of benzene rings is 1. The zero-order chi connectivity index (χ0) is 14.7. The van der Waals surface area contributed by atoms with Crippen molar-refractivity contribution in [2.45, 2.75) is 32.2 Å². The molecule has 0 atom stereocenters. The van der Waals surface area contributed by atoms with Crippen LogP contribution in [0.25, 0.3) is 11.0 Å². The highest BCUT2D eigenvalue weighted by Crippen LogP contribution is 2.21. The molecule has 1 aromatic heterocycles. The summed E-state index contributed by atoms with van der Waals surface area (Å²) in [6, 6.07) is 10.1. The molecule has 1 fully saturated rings. The van der Waals surface area contributed by atoms with Crippen LogP contribution in [0, 0.1) is 0 Å². The second-order valence-corrected chi connectivity index (χ2v) is 5.67. The first-order chi connectivity index (χ1) is 10.3. The van der Waals surface area contributed by atoms with Crippen LogP contribution in [0.2, 0.25) is 0 Å². The van der Waals surface area contributed by atoms with Crippen molar-refractivity contribution in [3.05, 3.63) is 36.1 Å². The molecule has 0 saturated carbocycles. The van der Waals surface area contributed by atoms with Crippen molar-refractivity contribution in [2.24, 2.45) is 0 Å². The molecular formula is C17H22N2O2. The summed E-state index contributed by atoms with van der Waals surface area (Å²) in [5.41, 5.74) is 0.778. The van der Waals surface area contributed by atoms with Crippen molar-refractivity contribution >= 4 is 16.9 Å². The summed E-state index contributed by atoms with van der Waals surface area (Å²) >= 11 is 0. The Bertz CT molecular complexity index is 579. The molecule has 3 rings (SSSR count). The predicted molar refractivity (Wildman–Crippen MR) is 83.4 cm³/mol. The zero-order valence-electron chi connectivity index (χ0n) is 12.5. The number of likely N-dealkylation sites (tertiary alicyclic amines) is 1.